The first-order valence-corrected chi connectivity index (χ1v) is 8.67. The fourth-order valence-electron chi connectivity index (χ4n) is 2.28. The molecule has 0 radical (unpaired) electrons. The summed E-state index contributed by atoms with van der Waals surface area (Å²) >= 11 is 5.27. The van der Waals surface area contributed by atoms with E-state index in [0.717, 1.165) is 13.0 Å². The zero-order valence-corrected chi connectivity index (χ0v) is 15.9. The molecule has 26 heavy (non-hydrogen) atoms. The summed E-state index contributed by atoms with van der Waals surface area (Å²) in [5.74, 6) is 0.803. The van der Waals surface area contributed by atoms with Gasteiger partial charge in [-0.15, -0.1) is 0 Å². The molecule has 0 aliphatic heterocycles. The molecule has 1 amide bonds. The molecule has 0 saturated heterocycles. The van der Waals surface area contributed by atoms with Crippen molar-refractivity contribution in [1.29, 1.82) is 0 Å². The van der Waals surface area contributed by atoms with Crippen LogP contribution in [0.2, 0.25) is 0 Å². The second kappa shape index (κ2) is 9.62. The molecule has 0 unspecified atom stereocenters. The summed E-state index contributed by atoms with van der Waals surface area (Å²) < 4.78 is 10.8. The number of carbonyl (C=O) groups is 1. The standard InChI is InChI=1S/C19H23N3O3S/c1-4-10-20-19(26)22-15-12-16(24-2)14(11-17(15)25-3)21-18(23)13-8-6-5-7-9-13/h5-9,11-12H,4,10H2,1-3H3,(H,21,23)(H2,20,22,26). The van der Waals surface area contributed by atoms with Gasteiger partial charge in [-0.2, -0.15) is 0 Å². The van der Waals surface area contributed by atoms with Gasteiger partial charge in [0.05, 0.1) is 25.6 Å². The van der Waals surface area contributed by atoms with Crippen molar-refractivity contribution in [1.82, 2.24) is 5.32 Å². The molecule has 0 heterocycles. The quantitative estimate of drug-likeness (QED) is 0.644. The lowest BCUT2D eigenvalue weighted by atomic mass is 10.2. The van der Waals surface area contributed by atoms with Crippen LogP contribution in [0.4, 0.5) is 11.4 Å². The second-order valence-corrected chi connectivity index (χ2v) is 5.86. The summed E-state index contributed by atoms with van der Waals surface area (Å²) in [4.78, 5) is 12.4. The van der Waals surface area contributed by atoms with Gasteiger partial charge in [-0.1, -0.05) is 25.1 Å². The molecule has 6 nitrogen and oxygen atoms in total. The Morgan fingerprint density at radius 3 is 2.12 bits per heavy atom. The SMILES string of the molecule is CCCNC(=S)Nc1cc(OC)c(NC(=O)c2ccccc2)cc1OC. The Labute approximate surface area is 158 Å². The Morgan fingerprint density at radius 1 is 1.00 bits per heavy atom. The molecular formula is C19H23N3O3S. The lowest BCUT2D eigenvalue weighted by molar-refractivity contribution is 0.102. The maximum absolute atomic E-state index is 12.4. The molecule has 0 aromatic heterocycles. The van der Waals surface area contributed by atoms with E-state index < -0.39 is 0 Å². The van der Waals surface area contributed by atoms with E-state index in [0.29, 0.717) is 33.5 Å². The highest BCUT2D eigenvalue weighted by molar-refractivity contribution is 7.80. The highest BCUT2D eigenvalue weighted by Crippen LogP contribution is 2.36. The van der Waals surface area contributed by atoms with Crippen molar-refractivity contribution in [2.24, 2.45) is 0 Å². The molecule has 2 rings (SSSR count). The van der Waals surface area contributed by atoms with Gasteiger partial charge in [0.15, 0.2) is 5.11 Å². The smallest absolute Gasteiger partial charge is 0.255 e. The highest BCUT2D eigenvalue weighted by Gasteiger charge is 2.15. The summed E-state index contributed by atoms with van der Waals surface area (Å²) in [5, 5.41) is 9.52. The van der Waals surface area contributed by atoms with E-state index in [1.165, 1.54) is 7.11 Å². The number of hydrogen-bond acceptors (Lipinski definition) is 4. The number of anilines is 2. The van der Waals surface area contributed by atoms with Crippen molar-refractivity contribution in [3.05, 3.63) is 48.0 Å². The summed E-state index contributed by atoms with van der Waals surface area (Å²) in [6.07, 6.45) is 0.965. The fourth-order valence-corrected chi connectivity index (χ4v) is 2.49. The van der Waals surface area contributed by atoms with Crippen LogP contribution in [0.15, 0.2) is 42.5 Å². The van der Waals surface area contributed by atoms with E-state index in [4.69, 9.17) is 21.7 Å². The molecule has 0 atom stereocenters. The third-order valence-corrected chi connectivity index (χ3v) is 3.84. The lowest BCUT2D eigenvalue weighted by Crippen LogP contribution is -2.29. The van der Waals surface area contributed by atoms with Crippen LogP contribution in [0.25, 0.3) is 0 Å². The van der Waals surface area contributed by atoms with Crippen LogP contribution in [0.5, 0.6) is 11.5 Å². The molecule has 0 aliphatic carbocycles. The number of amides is 1. The molecule has 138 valence electrons. The number of rotatable bonds is 7. The fraction of sp³-hybridized carbons (Fsp3) is 0.263. The molecular weight excluding hydrogens is 350 g/mol. The molecule has 0 saturated carbocycles. The predicted molar refractivity (Wildman–Crippen MR) is 108 cm³/mol. The van der Waals surface area contributed by atoms with Gasteiger partial charge in [0.25, 0.3) is 5.91 Å². The number of nitrogens with one attached hydrogen (secondary N) is 3. The largest absolute Gasteiger partial charge is 0.494 e. The van der Waals surface area contributed by atoms with Crippen molar-refractivity contribution in [2.75, 3.05) is 31.4 Å². The van der Waals surface area contributed by atoms with E-state index in [-0.39, 0.29) is 5.91 Å². The summed E-state index contributed by atoms with van der Waals surface area (Å²) in [6.45, 7) is 2.83. The Balaban J connectivity index is 2.24. The first-order valence-electron chi connectivity index (χ1n) is 8.26. The van der Waals surface area contributed by atoms with Crippen LogP contribution in [0, 0.1) is 0 Å². The minimum Gasteiger partial charge on any atom is -0.494 e. The van der Waals surface area contributed by atoms with E-state index in [9.17, 15) is 4.79 Å². The third-order valence-electron chi connectivity index (χ3n) is 3.59. The molecule has 0 bridgehead atoms. The van der Waals surface area contributed by atoms with Crippen LogP contribution in [0.3, 0.4) is 0 Å². The van der Waals surface area contributed by atoms with E-state index in [1.807, 2.05) is 18.2 Å². The zero-order valence-electron chi connectivity index (χ0n) is 15.1. The number of hydrogen-bond donors (Lipinski definition) is 3. The number of thiocarbonyl (C=S) groups is 1. The van der Waals surface area contributed by atoms with Crippen LogP contribution in [0.1, 0.15) is 23.7 Å². The monoisotopic (exact) mass is 373 g/mol. The molecule has 2 aromatic carbocycles. The van der Waals surface area contributed by atoms with E-state index >= 15 is 0 Å². The third kappa shape index (κ3) is 5.10. The van der Waals surface area contributed by atoms with Crippen molar-refractivity contribution in [3.8, 4) is 11.5 Å². The van der Waals surface area contributed by atoms with Crippen LogP contribution >= 0.6 is 12.2 Å². The number of ether oxygens (including phenoxy) is 2. The van der Waals surface area contributed by atoms with Crippen molar-refractivity contribution >= 4 is 34.6 Å². The van der Waals surface area contributed by atoms with E-state index in [1.54, 1.807) is 31.4 Å². The van der Waals surface area contributed by atoms with Gasteiger partial charge in [-0.3, -0.25) is 4.79 Å². The van der Waals surface area contributed by atoms with Crippen LogP contribution in [-0.2, 0) is 0 Å². The summed E-state index contributed by atoms with van der Waals surface area (Å²) in [5.41, 5.74) is 1.72. The van der Waals surface area contributed by atoms with Gasteiger partial charge in [0.2, 0.25) is 0 Å². The lowest BCUT2D eigenvalue weighted by Gasteiger charge is -2.17. The first-order chi connectivity index (χ1) is 12.6. The predicted octanol–water partition coefficient (Wildman–Crippen LogP) is 3.65. The average Bonchev–Trinajstić information content (AvgIpc) is 2.67. The normalized spacial score (nSPS) is 9.96. The molecule has 0 spiro atoms. The maximum Gasteiger partial charge on any atom is 0.255 e. The Bertz CT molecular complexity index is 766. The van der Waals surface area contributed by atoms with Crippen molar-refractivity contribution in [3.63, 3.8) is 0 Å². The maximum atomic E-state index is 12.4. The molecule has 3 N–H and O–H groups in total. The minimum atomic E-state index is -0.230. The minimum absolute atomic E-state index is 0.230. The van der Waals surface area contributed by atoms with Gasteiger partial charge in [-0.25, -0.2) is 0 Å². The number of benzene rings is 2. The topological polar surface area (TPSA) is 71.6 Å². The molecule has 2 aromatic rings. The van der Waals surface area contributed by atoms with Gasteiger partial charge < -0.3 is 25.4 Å². The van der Waals surface area contributed by atoms with Gasteiger partial charge in [0.1, 0.15) is 11.5 Å². The van der Waals surface area contributed by atoms with Crippen LogP contribution < -0.4 is 25.4 Å². The second-order valence-electron chi connectivity index (χ2n) is 5.45. The van der Waals surface area contributed by atoms with Crippen LogP contribution in [-0.4, -0.2) is 31.8 Å². The zero-order chi connectivity index (χ0) is 18.9. The number of carbonyl (C=O) groups excluding carboxylic acids is 1. The van der Waals surface area contributed by atoms with Gasteiger partial charge >= 0.3 is 0 Å². The van der Waals surface area contributed by atoms with Gasteiger partial charge in [-0.05, 0) is 30.8 Å². The number of methoxy groups -OCH3 is 2. The van der Waals surface area contributed by atoms with Crippen molar-refractivity contribution < 1.29 is 14.3 Å². The summed E-state index contributed by atoms with van der Waals surface area (Å²) in [7, 11) is 3.09. The molecule has 7 heteroatoms. The van der Waals surface area contributed by atoms with Crippen molar-refractivity contribution in [2.45, 2.75) is 13.3 Å². The van der Waals surface area contributed by atoms with Gasteiger partial charge in [0, 0.05) is 24.2 Å². The average molecular weight is 373 g/mol. The molecule has 0 aliphatic rings. The Kier molecular flexibility index (Phi) is 7.23. The molecule has 0 fully saturated rings. The van der Waals surface area contributed by atoms with E-state index in [2.05, 4.69) is 22.9 Å². The summed E-state index contributed by atoms with van der Waals surface area (Å²) in [6, 6.07) is 12.4. The Hall–Kier alpha value is -2.80. The Morgan fingerprint density at radius 2 is 1.58 bits per heavy atom. The highest BCUT2D eigenvalue weighted by atomic mass is 32.1. The first kappa shape index (κ1) is 19.5.